The van der Waals surface area contributed by atoms with Crippen LogP contribution in [0.15, 0.2) is 23.1 Å². The molecule has 19 heavy (non-hydrogen) atoms. The third-order valence-corrected chi connectivity index (χ3v) is 5.08. The van der Waals surface area contributed by atoms with E-state index in [4.69, 9.17) is 0 Å². The number of hydrogen-bond donors (Lipinski definition) is 1. The molecule has 1 aromatic carbocycles. The van der Waals surface area contributed by atoms with Crippen LogP contribution in [0.2, 0.25) is 0 Å². The predicted molar refractivity (Wildman–Crippen MR) is 75.1 cm³/mol. The van der Waals surface area contributed by atoms with E-state index in [2.05, 4.69) is 4.72 Å². The average Bonchev–Trinajstić information content (AvgIpc) is 2.31. The van der Waals surface area contributed by atoms with Gasteiger partial charge in [-0.05, 0) is 43.9 Å². The van der Waals surface area contributed by atoms with Gasteiger partial charge in [-0.3, -0.25) is 0 Å². The number of hydrogen-bond acceptors (Lipinski definition) is 3. The van der Waals surface area contributed by atoms with Crippen LogP contribution >= 0.6 is 0 Å². The van der Waals surface area contributed by atoms with Crippen LogP contribution in [0.1, 0.15) is 31.9 Å². The Hall–Kier alpha value is -1.38. The quantitative estimate of drug-likeness (QED) is 0.921. The van der Waals surface area contributed by atoms with Crippen molar-refractivity contribution in [2.75, 3.05) is 0 Å². The lowest BCUT2D eigenvalue weighted by atomic mass is 9.92. The fourth-order valence-electron chi connectivity index (χ4n) is 1.60. The van der Waals surface area contributed by atoms with Crippen molar-refractivity contribution in [3.8, 4) is 6.07 Å². The molecule has 0 aliphatic heterocycles. The van der Waals surface area contributed by atoms with Gasteiger partial charge in [-0.2, -0.15) is 9.98 Å². The van der Waals surface area contributed by atoms with Gasteiger partial charge in [-0.15, -0.1) is 0 Å². The zero-order valence-electron chi connectivity index (χ0n) is 12.0. The van der Waals surface area contributed by atoms with E-state index in [-0.39, 0.29) is 10.8 Å². The number of nitrogens with zero attached hydrogens (tertiary/aromatic N) is 1. The first-order valence-electron chi connectivity index (χ1n) is 6.15. The monoisotopic (exact) mass is 280 g/mol. The minimum absolute atomic E-state index is 0.127. The fraction of sp³-hybridized carbons (Fsp3) is 0.500. The third-order valence-electron chi connectivity index (χ3n) is 3.37. The molecule has 0 saturated carbocycles. The van der Waals surface area contributed by atoms with Crippen LogP contribution < -0.4 is 4.72 Å². The molecule has 1 N–H and O–H groups in total. The van der Waals surface area contributed by atoms with Gasteiger partial charge in [0.2, 0.25) is 10.0 Å². The number of benzene rings is 1. The number of sulfonamides is 1. The second kappa shape index (κ2) is 5.32. The second-order valence-electron chi connectivity index (χ2n) is 5.34. The first kappa shape index (κ1) is 15.7. The summed E-state index contributed by atoms with van der Waals surface area (Å²) in [6.45, 7) is 8.81. The Kier molecular flexibility index (Phi) is 4.39. The van der Waals surface area contributed by atoms with Crippen molar-refractivity contribution in [2.24, 2.45) is 5.92 Å². The summed E-state index contributed by atoms with van der Waals surface area (Å²) in [4.78, 5) is 0.231. The van der Waals surface area contributed by atoms with Crippen LogP contribution in [-0.4, -0.2) is 14.0 Å². The van der Waals surface area contributed by atoms with Crippen LogP contribution in [0.5, 0.6) is 0 Å². The van der Waals surface area contributed by atoms with Crippen molar-refractivity contribution in [1.82, 2.24) is 4.72 Å². The Balaban J connectivity index is 3.27. The van der Waals surface area contributed by atoms with Gasteiger partial charge in [0.1, 0.15) is 5.54 Å². The summed E-state index contributed by atoms with van der Waals surface area (Å²) in [7, 11) is -3.70. The van der Waals surface area contributed by atoms with E-state index < -0.39 is 15.6 Å². The molecule has 104 valence electrons. The summed E-state index contributed by atoms with van der Waals surface area (Å²) in [6.07, 6.45) is 0. The van der Waals surface area contributed by atoms with E-state index in [9.17, 15) is 13.7 Å². The lowest BCUT2D eigenvalue weighted by molar-refractivity contribution is 0.388. The Bertz CT molecular complexity index is 615. The molecular formula is C14H20N2O2S. The highest BCUT2D eigenvalue weighted by atomic mass is 32.2. The largest absolute Gasteiger partial charge is 0.242 e. The fourth-order valence-corrected chi connectivity index (χ4v) is 3.38. The first-order valence-corrected chi connectivity index (χ1v) is 7.63. The molecule has 0 spiro atoms. The molecule has 0 aromatic heterocycles. The van der Waals surface area contributed by atoms with E-state index in [1.165, 1.54) is 0 Å². The van der Waals surface area contributed by atoms with Gasteiger partial charge in [0.15, 0.2) is 0 Å². The molecule has 0 aliphatic rings. The van der Waals surface area contributed by atoms with Crippen molar-refractivity contribution in [1.29, 1.82) is 5.26 Å². The first-order chi connectivity index (χ1) is 8.62. The third kappa shape index (κ3) is 3.34. The molecule has 0 unspecified atom stereocenters. The summed E-state index contributed by atoms with van der Waals surface area (Å²) in [5.74, 6) is -0.127. The lowest BCUT2D eigenvalue weighted by Gasteiger charge is -2.27. The van der Waals surface area contributed by atoms with Crippen LogP contribution in [0, 0.1) is 31.1 Å². The molecule has 1 atom stereocenters. The maximum Gasteiger partial charge on any atom is 0.242 e. The Labute approximate surface area is 115 Å². The summed E-state index contributed by atoms with van der Waals surface area (Å²) in [5, 5.41) is 9.21. The second-order valence-corrected chi connectivity index (χ2v) is 6.99. The minimum atomic E-state index is -3.70. The number of aryl methyl sites for hydroxylation is 2. The Morgan fingerprint density at radius 2 is 1.89 bits per heavy atom. The maximum absolute atomic E-state index is 12.4. The van der Waals surface area contributed by atoms with Gasteiger partial charge < -0.3 is 0 Å². The van der Waals surface area contributed by atoms with Crippen molar-refractivity contribution in [3.63, 3.8) is 0 Å². The highest BCUT2D eigenvalue weighted by Gasteiger charge is 2.34. The van der Waals surface area contributed by atoms with Crippen LogP contribution in [0.25, 0.3) is 0 Å². The van der Waals surface area contributed by atoms with Gasteiger partial charge >= 0.3 is 0 Å². The molecular weight excluding hydrogens is 260 g/mol. The molecule has 0 heterocycles. The van der Waals surface area contributed by atoms with Gasteiger partial charge in [-0.1, -0.05) is 26.0 Å². The van der Waals surface area contributed by atoms with Gasteiger partial charge in [0.05, 0.1) is 11.0 Å². The molecule has 1 aromatic rings. The number of rotatable bonds is 4. The van der Waals surface area contributed by atoms with E-state index in [0.29, 0.717) is 5.56 Å². The standard InChI is InChI=1S/C14H20N2O2S/c1-10(2)14(5,9-15)16-19(17,18)13-8-11(3)6-7-12(13)4/h6-8,10,16H,1-5H3/t14-/m0/s1. The van der Waals surface area contributed by atoms with Crippen LogP contribution in [0.4, 0.5) is 0 Å². The highest BCUT2D eigenvalue weighted by Crippen LogP contribution is 2.22. The zero-order valence-corrected chi connectivity index (χ0v) is 12.8. The molecule has 0 saturated heterocycles. The van der Waals surface area contributed by atoms with Crippen LogP contribution in [-0.2, 0) is 10.0 Å². The van der Waals surface area contributed by atoms with Gasteiger partial charge in [-0.25, -0.2) is 8.42 Å². The summed E-state index contributed by atoms with van der Waals surface area (Å²) in [6, 6.07) is 7.30. The maximum atomic E-state index is 12.4. The molecule has 0 aliphatic carbocycles. The SMILES string of the molecule is Cc1ccc(C)c(S(=O)(=O)N[C@@](C)(C#N)C(C)C)c1. The summed E-state index contributed by atoms with van der Waals surface area (Å²) < 4.78 is 27.4. The Morgan fingerprint density at radius 1 is 1.32 bits per heavy atom. The zero-order chi connectivity index (χ0) is 14.8. The smallest absolute Gasteiger partial charge is 0.207 e. The normalized spacial score (nSPS) is 15.0. The van der Waals surface area contributed by atoms with E-state index in [1.807, 2.05) is 32.9 Å². The molecule has 5 heteroatoms. The van der Waals surface area contributed by atoms with Crippen molar-refractivity contribution in [3.05, 3.63) is 29.3 Å². The molecule has 4 nitrogen and oxygen atoms in total. The minimum Gasteiger partial charge on any atom is -0.207 e. The molecule has 1 rings (SSSR count). The summed E-state index contributed by atoms with van der Waals surface area (Å²) >= 11 is 0. The summed E-state index contributed by atoms with van der Waals surface area (Å²) in [5.41, 5.74) is 0.422. The van der Waals surface area contributed by atoms with Gasteiger partial charge in [0.25, 0.3) is 0 Å². The van der Waals surface area contributed by atoms with E-state index in [1.54, 1.807) is 26.0 Å². The van der Waals surface area contributed by atoms with Crippen molar-refractivity contribution < 1.29 is 8.42 Å². The number of nitrogens with one attached hydrogen (secondary N) is 1. The molecule has 0 radical (unpaired) electrons. The van der Waals surface area contributed by atoms with Gasteiger partial charge in [0, 0.05) is 0 Å². The Morgan fingerprint density at radius 3 is 2.37 bits per heavy atom. The lowest BCUT2D eigenvalue weighted by Crippen LogP contribution is -2.48. The average molecular weight is 280 g/mol. The van der Waals surface area contributed by atoms with Crippen molar-refractivity contribution >= 4 is 10.0 Å². The van der Waals surface area contributed by atoms with Crippen LogP contribution in [0.3, 0.4) is 0 Å². The van der Waals surface area contributed by atoms with E-state index in [0.717, 1.165) is 5.56 Å². The topological polar surface area (TPSA) is 70.0 Å². The molecule has 0 amide bonds. The van der Waals surface area contributed by atoms with Crippen molar-refractivity contribution in [2.45, 2.75) is 45.1 Å². The highest BCUT2D eigenvalue weighted by molar-refractivity contribution is 7.89. The number of nitriles is 1. The molecule has 0 bridgehead atoms. The van der Waals surface area contributed by atoms with E-state index >= 15 is 0 Å². The predicted octanol–water partition coefficient (Wildman–Crippen LogP) is 2.52. The molecule has 0 fully saturated rings.